The molecule has 0 aromatic rings. The van der Waals surface area contributed by atoms with Gasteiger partial charge >= 0.3 is 0 Å². The van der Waals surface area contributed by atoms with E-state index in [-0.39, 0.29) is 24.0 Å². The standard InChI is InChI=1S/C22H48NO.HI/c1-4-6-8-10-12-14-16-18-20-23(3,22-24)21-19-17-15-13-11-9-7-5-2;/h24H,4-22H2,1-3H3;1H/q+1;/p-1. The average Bonchev–Trinajstić information content (AvgIpc) is 2.59. The lowest BCUT2D eigenvalue weighted by Crippen LogP contribution is -3.00. The number of hydrogen-bond donors (Lipinski definition) is 1. The van der Waals surface area contributed by atoms with Crippen molar-refractivity contribution in [2.24, 2.45) is 0 Å². The Morgan fingerprint density at radius 3 is 1.08 bits per heavy atom. The zero-order chi connectivity index (χ0) is 17.9. The summed E-state index contributed by atoms with van der Waals surface area (Å²) in [6.45, 7) is 7.18. The van der Waals surface area contributed by atoms with Crippen molar-refractivity contribution in [2.45, 2.75) is 117 Å². The zero-order valence-electron chi connectivity index (χ0n) is 17.7. The summed E-state index contributed by atoms with van der Waals surface area (Å²) in [5.74, 6) is 0. The zero-order valence-corrected chi connectivity index (χ0v) is 19.9. The summed E-state index contributed by atoms with van der Waals surface area (Å²) in [6.07, 6.45) is 22.0. The fraction of sp³-hybridized carbons (Fsp3) is 1.00. The third kappa shape index (κ3) is 19.2. The van der Waals surface area contributed by atoms with E-state index in [2.05, 4.69) is 20.9 Å². The van der Waals surface area contributed by atoms with Gasteiger partial charge in [-0.15, -0.1) is 0 Å². The van der Waals surface area contributed by atoms with Gasteiger partial charge in [-0.05, 0) is 25.7 Å². The van der Waals surface area contributed by atoms with E-state index in [0.29, 0.717) is 6.73 Å². The number of nitrogens with zero attached hydrogens (tertiary/aromatic N) is 1. The predicted molar refractivity (Wildman–Crippen MR) is 108 cm³/mol. The highest BCUT2D eigenvalue weighted by atomic mass is 127. The lowest BCUT2D eigenvalue weighted by Gasteiger charge is -2.32. The van der Waals surface area contributed by atoms with Gasteiger partial charge in [0.1, 0.15) is 0 Å². The summed E-state index contributed by atoms with van der Waals surface area (Å²) >= 11 is 0. The summed E-state index contributed by atoms with van der Waals surface area (Å²) in [5.41, 5.74) is 0. The molecule has 0 atom stereocenters. The van der Waals surface area contributed by atoms with Crippen LogP contribution in [0.3, 0.4) is 0 Å². The first-order valence-electron chi connectivity index (χ1n) is 11.1. The van der Waals surface area contributed by atoms with Crippen molar-refractivity contribution in [2.75, 3.05) is 26.9 Å². The largest absolute Gasteiger partial charge is 1.00 e. The molecular formula is C22H48INO. The van der Waals surface area contributed by atoms with Crippen molar-refractivity contribution in [3.8, 4) is 0 Å². The molecule has 0 saturated carbocycles. The molecule has 0 spiro atoms. The molecule has 1 N–H and O–H groups in total. The van der Waals surface area contributed by atoms with Gasteiger partial charge in [0.05, 0.1) is 20.1 Å². The van der Waals surface area contributed by atoms with Gasteiger partial charge in [-0.3, -0.25) is 0 Å². The van der Waals surface area contributed by atoms with Crippen LogP contribution < -0.4 is 24.0 Å². The molecule has 0 aliphatic carbocycles. The first-order chi connectivity index (χ1) is 11.7. The number of rotatable bonds is 19. The first-order valence-corrected chi connectivity index (χ1v) is 11.1. The van der Waals surface area contributed by atoms with Crippen LogP contribution in [0.1, 0.15) is 117 Å². The monoisotopic (exact) mass is 469 g/mol. The Labute approximate surface area is 176 Å². The summed E-state index contributed by atoms with van der Waals surface area (Å²) in [5, 5.41) is 9.76. The number of hydrogen-bond acceptors (Lipinski definition) is 1. The van der Waals surface area contributed by atoms with Crippen LogP contribution in [-0.4, -0.2) is 36.5 Å². The molecule has 154 valence electrons. The smallest absolute Gasteiger partial charge is 0.180 e. The van der Waals surface area contributed by atoms with Crippen LogP contribution >= 0.6 is 0 Å². The van der Waals surface area contributed by atoms with Crippen molar-refractivity contribution in [1.29, 1.82) is 0 Å². The Bertz CT molecular complexity index is 228. The maximum absolute atomic E-state index is 9.76. The fourth-order valence-corrected chi connectivity index (χ4v) is 3.51. The Hall–Kier alpha value is 0.650. The van der Waals surface area contributed by atoms with Crippen LogP contribution in [-0.2, 0) is 0 Å². The van der Waals surface area contributed by atoms with E-state index in [9.17, 15) is 5.11 Å². The molecule has 0 saturated heterocycles. The summed E-state index contributed by atoms with van der Waals surface area (Å²) in [4.78, 5) is 0. The van der Waals surface area contributed by atoms with Gasteiger partial charge in [0, 0.05) is 0 Å². The maximum Gasteiger partial charge on any atom is 0.180 e. The van der Waals surface area contributed by atoms with Gasteiger partial charge < -0.3 is 33.6 Å². The van der Waals surface area contributed by atoms with Crippen LogP contribution in [0.4, 0.5) is 0 Å². The summed E-state index contributed by atoms with van der Waals surface area (Å²) < 4.78 is 0.867. The second-order valence-corrected chi connectivity index (χ2v) is 8.16. The molecular weight excluding hydrogens is 421 g/mol. The van der Waals surface area contributed by atoms with Crippen LogP contribution in [0.15, 0.2) is 0 Å². The lowest BCUT2D eigenvalue weighted by atomic mass is 10.1. The van der Waals surface area contributed by atoms with E-state index in [1.807, 2.05) is 0 Å². The quantitative estimate of drug-likeness (QED) is 0.133. The topological polar surface area (TPSA) is 20.2 Å². The van der Waals surface area contributed by atoms with Gasteiger partial charge in [-0.1, -0.05) is 90.9 Å². The Balaban J connectivity index is 0. The van der Waals surface area contributed by atoms with Crippen LogP contribution in [0.25, 0.3) is 0 Å². The molecule has 25 heavy (non-hydrogen) atoms. The summed E-state index contributed by atoms with van der Waals surface area (Å²) in [7, 11) is 2.24. The van der Waals surface area contributed by atoms with E-state index < -0.39 is 0 Å². The van der Waals surface area contributed by atoms with Crippen LogP contribution in [0.2, 0.25) is 0 Å². The minimum Gasteiger partial charge on any atom is -1.00 e. The number of unbranched alkanes of at least 4 members (excludes halogenated alkanes) is 14. The van der Waals surface area contributed by atoms with E-state index >= 15 is 0 Å². The molecule has 3 heteroatoms. The van der Waals surface area contributed by atoms with Crippen LogP contribution in [0, 0.1) is 0 Å². The molecule has 0 fully saturated rings. The molecule has 0 heterocycles. The van der Waals surface area contributed by atoms with Gasteiger partial charge in [0.25, 0.3) is 0 Å². The van der Waals surface area contributed by atoms with Crippen molar-refractivity contribution in [3.63, 3.8) is 0 Å². The van der Waals surface area contributed by atoms with E-state index in [1.54, 1.807) is 0 Å². The predicted octanol–water partition coefficient (Wildman–Crippen LogP) is 3.67. The number of aliphatic hydroxyl groups is 1. The molecule has 0 radical (unpaired) electrons. The highest BCUT2D eigenvalue weighted by Crippen LogP contribution is 2.14. The molecule has 0 aromatic heterocycles. The molecule has 0 unspecified atom stereocenters. The number of halogens is 1. The van der Waals surface area contributed by atoms with Crippen LogP contribution in [0.5, 0.6) is 0 Å². The number of aliphatic hydroxyl groups excluding tert-OH is 1. The SMILES string of the molecule is CCCCCCCCCC[N+](C)(CO)CCCCCCCCCC.[I-]. The van der Waals surface area contributed by atoms with Gasteiger partial charge in [0.2, 0.25) is 0 Å². The third-order valence-corrected chi connectivity index (χ3v) is 5.44. The first kappa shape index (κ1) is 27.9. The molecule has 0 aromatic carbocycles. The van der Waals surface area contributed by atoms with Gasteiger partial charge in [-0.25, -0.2) is 0 Å². The Morgan fingerprint density at radius 1 is 0.520 bits per heavy atom. The second-order valence-electron chi connectivity index (χ2n) is 8.16. The molecule has 0 rings (SSSR count). The maximum atomic E-state index is 9.76. The molecule has 0 bridgehead atoms. The highest BCUT2D eigenvalue weighted by molar-refractivity contribution is 4.49. The average molecular weight is 470 g/mol. The lowest BCUT2D eigenvalue weighted by molar-refractivity contribution is -0.927. The Kier molecular flexibility index (Phi) is 23.4. The molecule has 0 aliphatic rings. The highest BCUT2D eigenvalue weighted by Gasteiger charge is 2.18. The van der Waals surface area contributed by atoms with E-state index in [4.69, 9.17) is 0 Å². The minimum atomic E-state index is 0. The van der Waals surface area contributed by atoms with Crippen molar-refractivity contribution >= 4 is 0 Å². The second kappa shape index (κ2) is 21.0. The van der Waals surface area contributed by atoms with Crippen molar-refractivity contribution < 1.29 is 33.6 Å². The number of quaternary nitrogens is 1. The fourth-order valence-electron chi connectivity index (χ4n) is 3.51. The van der Waals surface area contributed by atoms with Crippen molar-refractivity contribution in [3.05, 3.63) is 0 Å². The minimum absolute atomic E-state index is 0. The Morgan fingerprint density at radius 2 is 0.800 bits per heavy atom. The van der Waals surface area contributed by atoms with Gasteiger partial charge in [0.15, 0.2) is 6.73 Å². The molecule has 0 aliphatic heterocycles. The molecule has 0 amide bonds. The third-order valence-electron chi connectivity index (χ3n) is 5.44. The van der Waals surface area contributed by atoms with E-state index in [0.717, 1.165) is 17.6 Å². The molecule has 2 nitrogen and oxygen atoms in total. The summed E-state index contributed by atoms with van der Waals surface area (Å²) in [6, 6.07) is 0. The normalized spacial score (nSPS) is 11.5. The van der Waals surface area contributed by atoms with Crippen molar-refractivity contribution in [1.82, 2.24) is 0 Å². The van der Waals surface area contributed by atoms with E-state index in [1.165, 1.54) is 103 Å². The van der Waals surface area contributed by atoms with Gasteiger partial charge in [-0.2, -0.15) is 0 Å².